The van der Waals surface area contributed by atoms with Crippen molar-refractivity contribution in [2.75, 3.05) is 5.01 Å². The number of quaternary nitrogens is 1. The van der Waals surface area contributed by atoms with Gasteiger partial charge < -0.3 is 5.21 Å². The maximum absolute atomic E-state index is 11.1. The molecule has 0 saturated carbocycles. The lowest BCUT2D eigenvalue weighted by molar-refractivity contribution is -1.06. The first-order valence-corrected chi connectivity index (χ1v) is 4.51. The Morgan fingerprint density at radius 3 is 2.07 bits per heavy atom. The van der Waals surface area contributed by atoms with Crippen molar-refractivity contribution < 1.29 is 10.5 Å². The van der Waals surface area contributed by atoms with E-state index in [9.17, 15) is 5.21 Å². The second kappa shape index (κ2) is 3.96. The molecule has 1 unspecified atom stereocenters. The SMILES string of the molecule is CC(C)(C)N(c1ccccc1)[NH+]([O-])O. The Bertz CT molecular complexity index is 280. The van der Waals surface area contributed by atoms with Gasteiger partial charge in [0.15, 0.2) is 0 Å². The fourth-order valence-electron chi connectivity index (χ4n) is 1.36. The molecule has 0 bridgehead atoms. The van der Waals surface area contributed by atoms with Gasteiger partial charge in [0, 0.05) is 0 Å². The number of benzene rings is 1. The van der Waals surface area contributed by atoms with Crippen molar-refractivity contribution in [3.63, 3.8) is 0 Å². The molecule has 0 aromatic heterocycles. The summed E-state index contributed by atoms with van der Waals surface area (Å²) in [6, 6.07) is 9.11. The number of hydrogen-bond donors (Lipinski definition) is 2. The molecular formula is C10H16N2O2. The minimum absolute atomic E-state index is 0.423. The standard InChI is InChI=1S/C10H16N2O2/c1-10(2,3)11(12(13)14)9-7-5-4-6-8-9/h4-8,12-13H,1-3H3. The minimum Gasteiger partial charge on any atom is -0.574 e. The number of anilines is 1. The van der Waals surface area contributed by atoms with Gasteiger partial charge in [-0.05, 0) is 32.9 Å². The van der Waals surface area contributed by atoms with Crippen molar-refractivity contribution in [3.05, 3.63) is 35.5 Å². The average Bonchev–Trinajstić information content (AvgIpc) is 2.02. The van der Waals surface area contributed by atoms with Gasteiger partial charge >= 0.3 is 0 Å². The maximum Gasteiger partial charge on any atom is 0.0925 e. The highest BCUT2D eigenvalue weighted by Crippen LogP contribution is 2.18. The molecule has 0 amide bonds. The van der Waals surface area contributed by atoms with Gasteiger partial charge in [-0.2, -0.15) is 10.2 Å². The Hall–Kier alpha value is -1.10. The summed E-state index contributed by atoms with van der Waals surface area (Å²) in [5.74, 6) is 0. The highest BCUT2D eigenvalue weighted by molar-refractivity contribution is 5.44. The lowest BCUT2D eigenvalue weighted by atomic mass is 10.1. The van der Waals surface area contributed by atoms with Crippen LogP contribution in [0.25, 0.3) is 0 Å². The van der Waals surface area contributed by atoms with Gasteiger partial charge in [0.25, 0.3) is 0 Å². The van der Waals surface area contributed by atoms with Crippen LogP contribution in [0.4, 0.5) is 5.69 Å². The van der Waals surface area contributed by atoms with Gasteiger partial charge in [0.05, 0.1) is 11.2 Å². The van der Waals surface area contributed by atoms with E-state index in [1.807, 2.05) is 39.0 Å². The third kappa shape index (κ3) is 2.45. The fourth-order valence-corrected chi connectivity index (χ4v) is 1.36. The summed E-state index contributed by atoms with van der Waals surface area (Å²) in [7, 11) is 0. The average molecular weight is 196 g/mol. The molecule has 0 heterocycles. The van der Waals surface area contributed by atoms with Gasteiger partial charge in [0.1, 0.15) is 0 Å². The summed E-state index contributed by atoms with van der Waals surface area (Å²) in [6.45, 7) is 5.61. The monoisotopic (exact) mass is 196 g/mol. The molecule has 14 heavy (non-hydrogen) atoms. The van der Waals surface area contributed by atoms with Crippen LogP contribution in [0.3, 0.4) is 0 Å². The second-order valence-corrected chi connectivity index (χ2v) is 4.12. The minimum atomic E-state index is -0.927. The maximum atomic E-state index is 11.1. The summed E-state index contributed by atoms with van der Waals surface area (Å²) in [5, 5.41) is 20.6. The number of nitrogens with zero attached hydrogens (tertiary/aromatic N) is 1. The molecule has 2 N–H and O–H groups in total. The predicted molar refractivity (Wildman–Crippen MR) is 54.8 cm³/mol. The summed E-state index contributed by atoms with van der Waals surface area (Å²) in [5.41, 5.74) is 0.278. The molecule has 0 spiro atoms. The summed E-state index contributed by atoms with van der Waals surface area (Å²) in [6.07, 6.45) is 0. The third-order valence-corrected chi connectivity index (χ3v) is 1.88. The molecular weight excluding hydrogens is 180 g/mol. The summed E-state index contributed by atoms with van der Waals surface area (Å²) < 4.78 is 0. The third-order valence-electron chi connectivity index (χ3n) is 1.88. The van der Waals surface area contributed by atoms with E-state index in [2.05, 4.69) is 0 Å². The Balaban J connectivity index is 3.02. The second-order valence-electron chi connectivity index (χ2n) is 4.12. The van der Waals surface area contributed by atoms with E-state index in [-0.39, 0.29) is 0 Å². The first kappa shape index (κ1) is 11.0. The van der Waals surface area contributed by atoms with Crippen LogP contribution in [0.1, 0.15) is 20.8 Å². The first-order valence-electron chi connectivity index (χ1n) is 4.51. The van der Waals surface area contributed by atoms with Crippen molar-refractivity contribution in [2.24, 2.45) is 0 Å². The van der Waals surface area contributed by atoms with Crippen molar-refractivity contribution in [3.8, 4) is 0 Å². The number of hydrogen-bond acceptors (Lipinski definition) is 3. The molecule has 1 rings (SSSR count). The van der Waals surface area contributed by atoms with Crippen LogP contribution in [-0.2, 0) is 0 Å². The number of para-hydroxylation sites is 1. The Morgan fingerprint density at radius 2 is 1.71 bits per heavy atom. The van der Waals surface area contributed by atoms with Crippen molar-refractivity contribution in [1.82, 2.24) is 0 Å². The predicted octanol–water partition coefficient (Wildman–Crippen LogP) is 0.978. The molecule has 1 aromatic rings. The highest BCUT2D eigenvalue weighted by atomic mass is 16.8. The normalized spacial score (nSPS) is 13.8. The summed E-state index contributed by atoms with van der Waals surface area (Å²) >= 11 is 0. The molecule has 0 radical (unpaired) electrons. The van der Waals surface area contributed by atoms with E-state index in [0.717, 1.165) is 0 Å². The van der Waals surface area contributed by atoms with Gasteiger partial charge in [-0.15, -0.1) is 5.34 Å². The highest BCUT2D eigenvalue weighted by Gasteiger charge is 2.27. The molecule has 0 saturated heterocycles. The smallest absolute Gasteiger partial charge is 0.0925 e. The van der Waals surface area contributed by atoms with Crippen LogP contribution in [-0.4, -0.2) is 10.7 Å². The van der Waals surface area contributed by atoms with Crippen molar-refractivity contribution in [2.45, 2.75) is 26.3 Å². The van der Waals surface area contributed by atoms with Crippen molar-refractivity contribution >= 4 is 5.69 Å². The molecule has 0 fully saturated rings. The van der Waals surface area contributed by atoms with Crippen LogP contribution >= 0.6 is 0 Å². The molecule has 78 valence electrons. The van der Waals surface area contributed by atoms with E-state index in [1.165, 1.54) is 5.01 Å². The van der Waals surface area contributed by atoms with E-state index in [0.29, 0.717) is 5.69 Å². The zero-order valence-corrected chi connectivity index (χ0v) is 8.69. The van der Waals surface area contributed by atoms with Crippen molar-refractivity contribution in [1.29, 1.82) is 0 Å². The lowest BCUT2D eigenvalue weighted by Gasteiger charge is -2.38. The van der Waals surface area contributed by atoms with E-state index >= 15 is 0 Å². The molecule has 1 atom stereocenters. The van der Waals surface area contributed by atoms with Crippen LogP contribution in [0, 0.1) is 5.21 Å². The zero-order chi connectivity index (χ0) is 10.8. The molecule has 0 aliphatic carbocycles. The summed E-state index contributed by atoms with van der Waals surface area (Å²) in [4.78, 5) is 0. The van der Waals surface area contributed by atoms with Gasteiger partial charge in [0.2, 0.25) is 0 Å². The van der Waals surface area contributed by atoms with E-state index in [1.54, 1.807) is 12.1 Å². The molecule has 0 aliphatic heterocycles. The Morgan fingerprint density at radius 1 is 1.21 bits per heavy atom. The van der Waals surface area contributed by atoms with Crippen LogP contribution in [0.15, 0.2) is 30.3 Å². The largest absolute Gasteiger partial charge is 0.574 e. The molecule has 1 aromatic carbocycles. The topological polar surface area (TPSA) is 51.0 Å². The van der Waals surface area contributed by atoms with Gasteiger partial charge in [-0.25, -0.2) is 0 Å². The van der Waals surface area contributed by atoms with Gasteiger partial charge in [-0.1, -0.05) is 18.2 Å². The number of rotatable bonds is 2. The molecule has 0 aliphatic rings. The van der Waals surface area contributed by atoms with E-state index < -0.39 is 10.9 Å². The first-order chi connectivity index (χ1) is 6.43. The van der Waals surface area contributed by atoms with E-state index in [4.69, 9.17) is 5.21 Å². The quantitative estimate of drug-likeness (QED) is 0.693. The Kier molecular flexibility index (Phi) is 3.10. The van der Waals surface area contributed by atoms with Crippen LogP contribution < -0.4 is 10.3 Å². The lowest BCUT2D eigenvalue weighted by Crippen LogP contribution is -3.14. The fraction of sp³-hybridized carbons (Fsp3) is 0.400. The molecule has 4 nitrogen and oxygen atoms in total. The zero-order valence-electron chi connectivity index (χ0n) is 8.69. The molecule has 4 heteroatoms. The van der Waals surface area contributed by atoms with Crippen LogP contribution in [0.2, 0.25) is 0 Å². The number of nitrogens with one attached hydrogen (secondary N) is 1. The van der Waals surface area contributed by atoms with Gasteiger partial charge in [-0.3, -0.25) is 0 Å². The Labute approximate surface area is 83.9 Å². The van der Waals surface area contributed by atoms with Crippen LogP contribution in [0.5, 0.6) is 0 Å².